The maximum atomic E-state index is 13.0. The van der Waals surface area contributed by atoms with E-state index >= 15 is 0 Å². The molecule has 0 radical (unpaired) electrons. The van der Waals surface area contributed by atoms with E-state index in [1.165, 1.54) is 148 Å². The number of quaternary nitrogens is 1. The molecule has 0 heterocycles. The van der Waals surface area contributed by atoms with E-state index in [4.69, 9.17) is 18.9 Å². The second-order valence-corrected chi connectivity index (χ2v) is 26.6. The summed E-state index contributed by atoms with van der Waals surface area (Å²) in [4.78, 5) is 37.7. The van der Waals surface area contributed by atoms with Gasteiger partial charge in [-0.15, -0.1) is 0 Å². The SMILES string of the molecule is CC/C=C\C/C=C\C/C=C\C/C=C\C/C=C\C/C=C\C/C=C\C/C=C\C/C=C\CCCCCCCCCCCCCC(=O)OC(COC(=O)CCCCCCCCCCCCCCCCCCCC/C=C\C/C=C\C/C=C\C/C=C\CC)COC(OCC[N+](C)(C)C)C(=O)O. The lowest BCUT2D eigenvalue weighted by Crippen LogP contribution is -2.40. The van der Waals surface area contributed by atoms with Crippen molar-refractivity contribution in [2.75, 3.05) is 47.5 Å². The number of hydrogen-bond acceptors (Lipinski definition) is 7. The highest BCUT2D eigenvalue weighted by molar-refractivity contribution is 5.71. The number of likely N-dealkylation sites (N-methyl/N-ethyl adjacent to an activating group) is 1. The molecule has 0 fully saturated rings. The van der Waals surface area contributed by atoms with Gasteiger partial charge in [0.05, 0.1) is 34.4 Å². The number of allylic oxidation sites excluding steroid dienone is 26. The molecule has 0 aromatic rings. The predicted molar refractivity (Wildman–Crippen MR) is 410 cm³/mol. The molecule has 0 spiro atoms. The van der Waals surface area contributed by atoms with Crippen molar-refractivity contribution < 1.29 is 42.9 Å². The van der Waals surface area contributed by atoms with Crippen LogP contribution in [0.15, 0.2) is 158 Å². The van der Waals surface area contributed by atoms with Crippen LogP contribution >= 0.6 is 0 Å². The summed E-state index contributed by atoms with van der Waals surface area (Å²) >= 11 is 0. The zero-order valence-corrected chi connectivity index (χ0v) is 61.8. The molecule has 0 saturated carbocycles. The van der Waals surface area contributed by atoms with Gasteiger partial charge in [0.1, 0.15) is 13.2 Å². The van der Waals surface area contributed by atoms with Crippen LogP contribution in [0.4, 0.5) is 0 Å². The molecule has 0 amide bonds. The van der Waals surface area contributed by atoms with Crippen LogP contribution in [0.3, 0.4) is 0 Å². The molecule has 0 aliphatic carbocycles. The van der Waals surface area contributed by atoms with Gasteiger partial charge in [0, 0.05) is 12.8 Å². The summed E-state index contributed by atoms with van der Waals surface area (Å²) in [6.07, 6.45) is 108. The lowest BCUT2D eigenvalue weighted by atomic mass is 10.0. The van der Waals surface area contributed by atoms with E-state index in [1.807, 2.05) is 21.1 Å². The molecule has 0 aromatic carbocycles. The molecule has 2 atom stereocenters. The van der Waals surface area contributed by atoms with E-state index in [0.29, 0.717) is 23.9 Å². The molecule has 1 N–H and O–H groups in total. The van der Waals surface area contributed by atoms with Crippen LogP contribution in [0.5, 0.6) is 0 Å². The Bertz CT molecular complexity index is 2130. The minimum Gasteiger partial charge on any atom is -0.477 e. The molecular formula is C86H144NO8+. The highest BCUT2D eigenvalue weighted by Crippen LogP contribution is 2.18. The van der Waals surface area contributed by atoms with E-state index < -0.39 is 24.3 Å². The van der Waals surface area contributed by atoms with Crippen molar-refractivity contribution in [1.82, 2.24) is 0 Å². The van der Waals surface area contributed by atoms with Crippen molar-refractivity contribution in [3.05, 3.63) is 158 Å². The number of carboxylic acid groups (broad SMARTS) is 1. The third kappa shape index (κ3) is 76.1. The summed E-state index contributed by atoms with van der Waals surface area (Å²) in [7, 11) is 5.98. The van der Waals surface area contributed by atoms with Gasteiger partial charge in [-0.1, -0.05) is 332 Å². The normalized spacial score (nSPS) is 13.6. The summed E-state index contributed by atoms with van der Waals surface area (Å²) < 4.78 is 23.0. The largest absolute Gasteiger partial charge is 0.477 e. The molecule has 9 nitrogen and oxygen atoms in total. The Morgan fingerprint density at radius 2 is 0.568 bits per heavy atom. The first-order valence-corrected chi connectivity index (χ1v) is 38.6. The summed E-state index contributed by atoms with van der Waals surface area (Å²) in [5.41, 5.74) is 0. The average molecular weight is 1320 g/mol. The first-order chi connectivity index (χ1) is 46.6. The Hall–Kier alpha value is -5.09. The minimum absolute atomic E-state index is 0.182. The number of nitrogens with zero attached hydrogens (tertiary/aromatic N) is 1. The van der Waals surface area contributed by atoms with Crippen LogP contribution < -0.4 is 0 Å². The number of aliphatic carboxylic acids is 1. The molecule has 0 aromatic heterocycles. The van der Waals surface area contributed by atoms with Crippen molar-refractivity contribution >= 4 is 17.9 Å². The zero-order chi connectivity index (χ0) is 69.0. The maximum Gasteiger partial charge on any atom is 0.361 e. The van der Waals surface area contributed by atoms with E-state index in [1.54, 1.807) is 0 Å². The molecule has 95 heavy (non-hydrogen) atoms. The lowest BCUT2D eigenvalue weighted by molar-refractivity contribution is -0.870. The van der Waals surface area contributed by atoms with Gasteiger partial charge >= 0.3 is 17.9 Å². The smallest absolute Gasteiger partial charge is 0.361 e. The molecule has 0 saturated heterocycles. The Morgan fingerprint density at radius 1 is 0.316 bits per heavy atom. The van der Waals surface area contributed by atoms with Gasteiger partial charge < -0.3 is 28.5 Å². The topological polar surface area (TPSA) is 108 Å². The third-order valence-electron chi connectivity index (χ3n) is 16.3. The van der Waals surface area contributed by atoms with Crippen molar-refractivity contribution in [3.8, 4) is 0 Å². The fourth-order valence-electron chi connectivity index (χ4n) is 10.5. The van der Waals surface area contributed by atoms with E-state index in [2.05, 4.69) is 172 Å². The van der Waals surface area contributed by atoms with Crippen LogP contribution in [0.25, 0.3) is 0 Å². The fraction of sp³-hybridized carbons (Fsp3) is 0.663. The number of ether oxygens (including phenoxy) is 4. The van der Waals surface area contributed by atoms with Gasteiger partial charge in [-0.05, 0) is 122 Å². The maximum absolute atomic E-state index is 13.0. The van der Waals surface area contributed by atoms with Crippen LogP contribution in [-0.2, 0) is 33.3 Å². The van der Waals surface area contributed by atoms with Crippen LogP contribution in [-0.4, -0.2) is 87.4 Å². The summed E-state index contributed by atoms with van der Waals surface area (Å²) in [5.74, 6) is -2.01. The van der Waals surface area contributed by atoms with E-state index in [9.17, 15) is 19.5 Å². The second-order valence-electron chi connectivity index (χ2n) is 26.6. The first kappa shape index (κ1) is 89.9. The molecular weight excluding hydrogens is 1170 g/mol. The van der Waals surface area contributed by atoms with Gasteiger partial charge in [0.25, 0.3) is 6.29 Å². The van der Waals surface area contributed by atoms with Gasteiger partial charge in [-0.2, -0.15) is 0 Å². The Kier molecular flexibility index (Phi) is 70.7. The first-order valence-electron chi connectivity index (χ1n) is 38.6. The molecule has 0 aliphatic rings. The highest BCUT2D eigenvalue weighted by Gasteiger charge is 2.25. The molecule has 9 heteroatoms. The van der Waals surface area contributed by atoms with Gasteiger partial charge in [-0.3, -0.25) is 9.59 Å². The highest BCUT2D eigenvalue weighted by atomic mass is 16.7. The number of carbonyl (C=O) groups excluding carboxylic acids is 2. The standard InChI is InChI=1S/C86H143NO8/c1-6-8-10-12-14-16-18-20-22-24-26-28-30-32-34-36-38-39-40-41-42-43-44-45-47-49-51-53-55-57-59-61-63-65-67-69-71-73-75-77-84(89)95-82(81-94-86(85(90)91)92-79-78-87(3,4)5)80-93-83(88)76-74-72-70-68-66-64-62-60-58-56-54-52-50-48-46-37-35-33-31-29-27-25-23-21-19-17-15-13-11-9-7-2/h8-11,14-17,20-23,26-29,32,34,38-39,41-42,44-45,49,51,82,86H,6-7,12-13,18-19,24-25,30-31,33,35-37,40,43,46-48,50,52-81H2,1-5H3/p+1/b10-8-,11-9-,16-14-,17-15-,22-20-,23-21-,28-26-,29-27-,34-32-,39-38-,42-41-,45-44-,51-49-. The lowest BCUT2D eigenvalue weighted by Gasteiger charge is -2.25. The monoisotopic (exact) mass is 1320 g/mol. The Balaban J connectivity index is 4.10. The minimum atomic E-state index is -1.52. The van der Waals surface area contributed by atoms with Crippen LogP contribution in [0.2, 0.25) is 0 Å². The summed E-state index contributed by atoms with van der Waals surface area (Å²) in [6.45, 7) is 4.66. The van der Waals surface area contributed by atoms with Crippen LogP contribution in [0, 0.1) is 0 Å². The number of unbranched alkanes of at least 4 members (excludes halogenated alkanes) is 29. The van der Waals surface area contributed by atoms with Gasteiger partial charge in [0.15, 0.2) is 6.10 Å². The van der Waals surface area contributed by atoms with Crippen molar-refractivity contribution in [1.29, 1.82) is 0 Å². The van der Waals surface area contributed by atoms with E-state index in [0.717, 1.165) is 128 Å². The number of esters is 2. The Labute approximate surface area is 584 Å². The van der Waals surface area contributed by atoms with Gasteiger partial charge in [-0.25, -0.2) is 4.79 Å². The number of carbonyl (C=O) groups is 3. The number of rotatable bonds is 70. The third-order valence-corrected chi connectivity index (χ3v) is 16.3. The van der Waals surface area contributed by atoms with Gasteiger partial charge in [0.2, 0.25) is 0 Å². The molecule has 0 bridgehead atoms. The number of hydrogen-bond donors (Lipinski definition) is 1. The second kappa shape index (κ2) is 74.7. The molecule has 0 aliphatic heterocycles. The molecule has 2 unspecified atom stereocenters. The fourth-order valence-corrected chi connectivity index (χ4v) is 10.5. The van der Waals surface area contributed by atoms with Crippen molar-refractivity contribution in [2.24, 2.45) is 0 Å². The zero-order valence-electron chi connectivity index (χ0n) is 61.8. The summed E-state index contributed by atoms with van der Waals surface area (Å²) in [5, 5.41) is 9.77. The molecule has 540 valence electrons. The van der Waals surface area contributed by atoms with Crippen LogP contribution in [0.1, 0.15) is 309 Å². The van der Waals surface area contributed by atoms with Crippen molar-refractivity contribution in [2.45, 2.75) is 322 Å². The van der Waals surface area contributed by atoms with E-state index in [-0.39, 0.29) is 32.2 Å². The molecule has 0 rings (SSSR count). The average Bonchev–Trinajstić information content (AvgIpc) is 2.92. The number of carboxylic acids is 1. The quantitative estimate of drug-likeness (QED) is 0.0211. The Morgan fingerprint density at radius 3 is 0.842 bits per heavy atom. The predicted octanol–water partition coefficient (Wildman–Crippen LogP) is 24.8. The summed E-state index contributed by atoms with van der Waals surface area (Å²) in [6, 6.07) is 0. The van der Waals surface area contributed by atoms with Crippen molar-refractivity contribution in [3.63, 3.8) is 0 Å².